The number of pyridine rings is 1. The zero-order valence-corrected chi connectivity index (χ0v) is 15.5. The van der Waals surface area contributed by atoms with Crippen molar-refractivity contribution in [2.45, 2.75) is 6.42 Å². The number of nitrogens with one attached hydrogen (secondary N) is 2. The van der Waals surface area contributed by atoms with Gasteiger partial charge in [-0.25, -0.2) is 4.98 Å². The molecule has 2 N–H and O–H groups in total. The monoisotopic (exact) mass is 372 g/mol. The van der Waals surface area contributed by atoms with Crippen LogP contribution in [0.4, 0.5) is 11.5 Å². The van der Waals surface area contributed by atoms with Crippen LogP contribution in [-0.4, -0.2) is 24.5 Å². The van der Waals surface area contributed by atoms with Gasteiger partial charge in [-0.05, 0) is 48.4 Å². The Labute approximate surface area is 163 Å². The van der Waals surface area contributed by atoms with Crippen LogP contribution in [0.3, 0.4) is 0 Å². The number of ether oxygens (including phenoxy) is 1. The normalized spacial score (nSPS) is 10.0. The van der Waals surface area contributed by atoms with Crippen LogP contribution in [-0.2, 0) is 6.42 Å². The summed E-state index contributed by atoms with van der Waals surface area (Å²) in [5.74, 6) is 1.23. The molecule has 0 aliphatic carbocycles. The van der Waals surface area contributed by atoms with Crippen molar-refractivity contribution >= 4 is 17.4 Å². The number of carbonyl (C=O) groups excluding carboxylic acids is 1. The summed E-state index contributed by atoms with van der Waals surface area (Å²) in [6.07, 6.45) is 2.36. The topological polar surface area (TPSA) is 87.0 Å². The molecule has 0 spiro atoms. The number of anilines is 2. The SMILES string of the molecule is COc1ccc(CCNc2ccc(C(=O)Nc3ccccc3C#N)cn2)cc1. The van der Waals surface area contributed by atoms with E-state index in [9.17, 15) is 4.79 Å². The van der Waals surface area contributed by atoms with E-state index in [0.717, 1.165) is 18.7 Å². The highest BCUT2D eigenvalue weighted by Gasteiger charge is 2.09. The Morgan fingerprint density at radius 1 is 1.11 bits per heavy atom. The molecule has 6 nitrogen and oxygen atoms in total. The van der Waals surface area contributed by atoms with Crippen molar-refractivity contribution in [1.82, 2.24) is 4.98 Å². The third-order valence-electron chi connectivity index (χ3n) is 4.20. The average molecular weight is 372 g/mol. The Hall–Kier alpha value is -3.85. The molecular formula is C22H20N4O2. The van der Waals surface area contributed by atoms with E-state index in [1.165, 1.54) is 11.8 Å². The lowest BCUT2D eigenvalue weighted by molar-refractivity contribution is 0.102. The first kappa shape index (κ1) is 18.9. The predicted octanol–water partition coefficient (Wildman–Crippen LogP) is 3.87. The van der Waals surface area contributed by atoms with Gasteiger partial charge in [-0.3, -0.25) is 4.79 Å². The lowest BCUT2D eigenvalue weighted by atomic mass is 10.1. The molecule has 6 heteroatoms. The summed E-state index contributed by atoms with van der Waals surface area (Å²) in [7, 11) is 1.65. The van der Waals surface area contributed by atoms with Crippen molar-refractivity contribution in [3.8, 4) is 11.8 Å². The molecule has 0 fully saturated rings. The van der Waals surface area contributed by atoms with Crippen LogP contribution in [0, 0.1) is 11.3 Å². The number of aromatic nitrogens is 1. The Balaban J connectivity index is 1.54. The largest absolute Gasteiger partial charge is 0.497 e. The maximum absolute atomic E-state index is 12.4. The van der Waals surface area contributed by atoms with E-state index in [2.05, 4.69) is 21.7 Å². The molecule has 140 valence electrons. The van der Waals surface area contributed by atoms with Gasteiger partial charge < -0.3 is 15.4 Å². The van der Waals surface area contributed by atoms with Gasteiger partial charge in [0.05, 0.1) is 23.9 Å². The fraction of sp³-hybridized carbons (Fsp3) is 0.136. The van der Waals surface area contributed by atoms with Gasteiger partial charge in [-0.2, -0.15) is 5.26 Å². The number of benzene rings is 2. The lowest BCUT2D eigenvalue weighted by Gasteiger charge is -2.09. The molecule has 0 aliphatic heterocycles. The summed E-state index contributed by atoms with van der Waals surface area (Å²) < 4.78 is 5.15. The predicted molar refractivity (Wildman–Crippen MR) is 109 cm³/mol. The molecule has 0 bridgehead atoms. The van der Waals surface area contributed by atoms with Gasteiger partial charge in [0.1, 0.15) is 17.6 Å². The molecule has 0 saturated carbocycles. The van der Waals surface area contributed by atoms with Gasteiger partial charge in [0.15, 0.2) is 0 Å². The number of hydrogen-bond donors (Lipinski definition) is 2. The molecular weight excluding hydrogens is 352 g/mol. The van der Waals surface area contributed by atoms with Gasteiger partial charge in [-0.15, -0.1) is 0 Å². The summed E-state index contributed by atoms with van der Waals surface area (Å²) in [6, 6.07) is 20.3. The van der Waals surface area contributed by atoms with Crippen molar-refractivity contribution in [3.05, 3.63) is 83.6 Å². The molecule has 2 aromatic carbocycles. The van der Waals surface area contributed by atoms with Crippen LogP contribution in [0.1, 0.15) is 21.5 Å². The zero-order chi connectivity index (χ0) is 19.8. The van der Waals surface area contributed by atoms with Crippen molar-refractivity contribution < 1.29 is 9.53 Å². The molecule has 0 aliphatic rings. The summed E-state index contributed by atoms with van der Waals surface area (Å²) in [6.45, 7) is 0.723. The van der Waals surface area contributed by atoms with Crippen LogP contribution in [0.25, 0.3) is 0 Å². The summed E-state index contributed by atoms with van der Waals surface area (Å²) in [4.78, 5) is 16.6. The Bertz CT molecular complexity index is 977. The third-order valence-corrected chi connectivity index (χ3v) is 4.20. The molecule has 1 heterocycles. The zero-order valence-electron chi connectivity index (χ0n) is 15.5. The van der Waals surface area contributed by atoms with E-state index < -0.39 is 0 Å². The number of para-hydroxylation sites is 1. The second kappa shape index (κ2) is 9.19. The highest BCUT2D eigenvalue weighted by atomic mass is 16.5. The first-order chi connectivity index (χ1) is 13.7. The van der Waals surface area contributed by atoms with Gasteiger partial charge in [0, 0.05) is 12.7 Å². The van der Waals surface area contributed by atoms with Gasteiger partial charge in [0.25, 0.3) is 5.91 Å². The average Bonchev–Trinajstić information content (AvgIpc) is 2.75. The summed E-state index contributed by atoms with van der Waals surface area (Å²) in [5.41, 5.74) is 2.52. The fourth-order valence-corrected chi connectivity index (χ4v) is 2.64. The number of amides is 1. The summed E-state index contributed by atoms with van der Waals surface area (Å²) in [5, 5.41) is 15.1. The minimum absolute atomic E-state index is 0.306. The smallest absolute Gasteiger partial charge is 0.257 e. The van der Waals surface area contributed by atoms with Crippen LogP contribution in [0.15, 0.2) is 66.9 Å². The number of nitrogens with zero attached hydrogens (tertiary/aromatic N) is 2. The van der Waals surface area contributed by atoms with Crippen molar-refractivity contribution in [1.29, 1.82) is 5.26 Å². The van der Waals surface area contributed by atoms with E-state index in [1.807, 2.05) is 24.3 Å². The van der Waals surface area contributed by atoms with Crippen molar-refractivity contribution in [2.75, 3.05) is 24.3 Å². The second-order valence-corrected chi connectivity index (χ2v) is 6.07. The minimum atomic E-state index is -0.306. The van der Waals surface area contributed by atoms with Crippen molar-refractivity contribution in [2.24, 2.45) is 0 Å². The van der Waals surface area contributed by atoms with Crippen LogP contribution in [0.5, 0.6) is 5.75 Å². The minimum Gasteiger partial charge on any atom is -0.497 e. The lowest BCUT2D eigenvalue weighted by Crippen LogP contribution is -2.13. The van der Waals surface area contributed by atoms with Gasteiger partial charge >= 0.3 is 0 Å². The molecule has 1 aromatic heterocycles. The van der Waals surface area contributed by atoms with Gasteiger partial charge in [-0.1, -0.05) is 24.3 Å². The molecule has 28 heavy (non-hydrogen) atoms. The number of carbonyl (C=O) groups is 1. The van der Waals surface area contributed by atoms with E-state index in [0.29, 0.717) is 22.6 Å². The number of hydrogen-bond acceptors (Lipinski definition) is 5. The first-order valence-corrected chi connectivity index (χ1v) is 8.83. The quantitative estimate of drug-likeness (QED) is 0.657. The maximum Gasteiger partial charge on any atom is 0.257 e. The molecule has 3 rings (SSSR count). The fourth-order valence-electron chi connectivity index (χ4n) is 2.64. The maximum atomic E-state index is 12.4. The Kier molecular flexibility index (Phi) is 6.21. The van der Waals surface area contributed by atoms with Crippen LogP contribution in [0.2, 0.25) is 0 Å². The second-order valence-electron chi connectivity index (χ2n) is 6.07. The van der Waals surface area contributed by atoms with Crippen molar-refractivity contribution in [3.63, 3.8) is 0 Å². The van der Waals surface area contributed by atoms with E-state index >= 15 is 0 Å². The Morgan fingerprint density at radius 2 is 1.89 bits per heavy atom. The molecule has 1 amide bonds. The number of methoxy groups -OCH3 is 1. The van der Waals surface area contributed by atoms with Gasteiger partial charge in [0.2, 0.25) is 0 Å². The van der Waals surface area contributed by atoms with E-state index in [1.54, 1.807) is 43.5 Å². The van der Waals surface area contributed by atoms with E-state index in [4.69, 9.17) is 10.00 Å². The number of nitriles is 1. The van der Waals surface area contributed by atoms with E-state index in [-0.39, 0.29) is 5.91 Å². The Morgan fingerprint density at radius 3 is 2.57 bits per heavy atom. The molecule has 3 aromatic rings. The number of rotatable bonds is 7. The standard InChI is InChI=1S/C22H20N4O2/c1-28-19-9-6-16(7-10-19)12-13-24-21-11-8-18(15-25-21)22(27)26-20-5-3-2-4-17(20)14-23/h2-11,15H,12-13H2,1H3,(H,24,25)(H,26,27). The summed E-state index contributed by atoms with van der Waals surface area (Å²) >= 11 is 0. The first-order valence-electron chi connectivity index (χ1n) is 8.83. The molecule has 0 atom stereocenters. The third kappa shape index (κ3) is 4.86. The van der Waals surface area contributed by atoms with Crippen LogP contribution < -0.4 is 15.4 Å². The molecule has 0 radical (unpaired) electrons. The molecule has 0 saturated heterocycles. The van der Waals surface area contributed by atoms with Crippen LogP contribution >= 0.6 is 0 Å². The highest BCUT2D eigenvalue weighted by molar-refractivity contribution is 6.04. The highest BCUT2D eigenvalue weighted by Crippen LogP contribution is 2.16. The molecule has 0 unspecified atom stereocenters.